The van der Waals surface area contributed by atoms with Gasteiger partial charge in [-0.2, -0.15) is 0 Å². The van der Waals surface area contributed by atoms with Gasteiger partial charge < -0.3 is 14.2 Å². The molecule has 1 aliphatic heterocycles. The molecular weight excluding hydrogens is 292 g/mol. The summed E-state index contributed by atoms with van der Waals surface area (Å²) in [5, 5.41) is 0. The van der Waals surface area contributed by atoms with Crippen LogP contribution in [0.4, 0.5) is 0 Å². The zero-order valence-electron chi connectivity index (χ0n) is 14.7. The van der Waals surface area contributed by atoms with E-state index in [9.17, 15) is 4.79 Å². The van der Waals surface area contributed by atoms with E-state index < -0.39 is 0 Å². The third-order valence-electron chi connectivity index (χ3n) is 5.10. The molecule has 4 heteroatoms. The van der Waals surface area contributed by atoms with Crippen molar-refractivity contribution in [1.82, 2.24) is 0 Å². The fraction of sp³-hybridized carbons (Fsp3) is 0.737. The summed E-state index contributed by atoms with van der Waals surface area (Å²) in [5.74, 6) is 0.782. The number of hydrogen-bond donors (Lipinski definition) is 0. The van der Waals surface area contributed by atoms with Crippen LogP contribution in [0.2, 0.25) is 0 Å². The van der Waals surface area contributed by atoms with Crippen LogP contribution in [-0.4, -0.2) is 32.9 Å². The molecule has 2 fully saturated rings. The number of rotatable bonds is 7. The summed E-state index contributed by atoms with van der Waals surface area (Å²) in [6, 6.07) is 0. The lowest BCUT2D eigenvalue weighted by Gasteiger charge is -2.40. The van der Waals surface area contributed by atoms with E-state index in [4.69, 9.17) is 14.2 Å². The number of ether oxygens (including phenoxy) is 3. The minimum absolute atomic E-state index is 0.00870. The van der Waals surface area contributed by atoms with Crippen molar-refractivity contribution in [2.75, 3.05) is 26.9 Å². The average molecular weight is 322 g/mol. The fourth-order valence-electron chi connectivity index (χ4n) is 3.25. The van der Waals surface area contributed by atoms with E-state index in [1.165, 1.54) is 19.3 Å². The molecule has 2 rings (SSSR count). The summed E-state index contributed by atoms with van der Waals surface area (Å²) in [6.45, 7) is 5.78. The first-order chi connectivity index (χ1) is 11.1. The van der Waals surface area contributed by atoms with Gasteiger partial charge in [-0.15, -0.1) is 0 Å². The van der Waals surface area contributed by atoms with Crippen LogP contribution in [0, 0.1) is 11.3 Å². The molecule has 1 aliphatic carbocycles. The minimum Gasteiger partial charge on any atom is -0.496 e. The topological polar surface area (TPSA) is 44.8 Å². The Morgan fingerprint density at radius 1 is 1.26 bits per heavy atom. The molecule has 0 unspecified atom stereocenters. The molecule has 1 heterocycles. The number of hydrogen-bond acceptors (Lipinski definition) is 4. The van der Waals surface area contributed by atoms with Crippen molar-refractivity contribution >= 4 is 5.97 Å². The van der Waals surface area contributed by atoms with Crippen molar-refractivity contribution in [2.45, 2.75) is 52.4 Å². The van der Waals surface area contributed by atoms with E-state index in [0.717, 1.165) is 19.3 Å². The molecule has 0 spiro atoms. The zero-order chi connectivity index (χ0) is 16.7. The minimum atomic E-state index is -0.273. The van der Waals surface area contributed by atoms with Crippen LogP contribution in [0.25, 0.3) is 0 Å². The lowest BCUT2D eigenvalue weighted by atomic mass is 9.84. The quantitative estimate of drug-likeness (QED) is 0.307. The van der Waals surface area contributed by atoms with Crippen molar-refractivity contribution in [3.05, 3.63) is 23.5 Å². The number of carbonyl (C=O) groups is 1. The molecule has 0 N–H and O–H groups in total. The number of methoxy groups -OCH3 is 1. The number of esters is 1. The standard InChI is InChI=1S/C19H30O4/c1-4-17(21-3)16(11-15-9-7-6-8-10-15)18(20)23-14-19(5-2)12-22-13-19/h4,11,15H,5-10,12-14H2,1-3H3/b16-11+,17-4+. The maximum Gasteiger partial charge on any atom is 0.341 e. The summed E-state index contributed by atoms with van der Waals surface area (Å²) in [5.41, 5.74) is 0.586. The van der Waals surface area contributed by atoms with E-state index >= 15 is 0 Å². The van der Waals surface area contributed by atoms with Crippen LogP contribution in [0.15, 0.2) is 23.5 Å². The van der Waals surface area contributed by atoms with Gasteiger partial charge in [0.2, 0.25) is 0 Å². The summed E-state index contributed by atoms with van der Waals surface area (Å²) >= 11 is 0. The predicted octanol–water partition coefficient (Wildman–Crippen LogP) is 4.01. The highest BCUT2D eigenvalue weighted by Gasteiger charge is 2.38. The summed E-state index contributed by atoms with van der Waals surface area (Å²) in [6.07, 6.45) is 10.9. The SMILES string of the molecule is C/C=C(OC)\C(=C/C1CCCCC1)C(=O)OCC1(CC)COC1. The van der Waals surface area contributed by atoms with Gasteiger partial charge in [-0.05, 0) is 38.2 Å². The van der Waals surface area contributed by atoms with E-state index in [2.05, 4.69) is 13.0 Å². The Morgan fingerprint density at radius 3 is 2.43 bits per heavy atom. The molecule has 4 nitrogen and oxygen atoms in total. The molecule has 0 radical (unpaired) electrons. The maximum atomic E-state index is 12.6. The monoisotopic (exact) mass is 322 g/mol. The van der Waals surface area contributed by atoms with E-state index in [0.29, 0.717) is 37.1 Å². The molecule has 0 bridgehead atoms. The van der Waals surface area contributed by atoms with Crippen LogP contribution in [-0.2, 0) is 19.0 Å². The molecule has 23 heavy (non-hydrogen) atoms. The van der Waals surface area contributed by atoms with E-state index in [1.807, 2.05) is 13.0 Å². The maximum absolute atomic E-state index is 12.6. The Labute approximate surface area is 139 Å². The van der Waals surface area contributed by atoms with E-state index in [-0.39, 0.29) is 11.4 Å². The highest BCUT2D eigenvalue weighted by Crippen LogP contribution is 2.32. The fourth-order valence-corrected chi connectivity index (χ4v) is 3.25. The third-order valence-corrected chi connectivity index (χ3v) is 5.10. The Balaban J connectivity index is 2.06. The number of allylic oxidation sites excluding steroid dienone is 2. The van der Waals surface area contributed by atoms with Gasteiger partial charge >= 0.3 is 5.97 Å². The Morgan fingerprint density at radius 2 is 1.96 bits per heavy atom. The highest BCUT2D eigenvalue weighted by atomic mass is 16.5. The van der Waals surface area contributed by atoms with Gasteiger partial charge in [0, 0.05) is 0 Å². The van der Waals surface area contributed by atoms with Crippen LogP contribution >= 0.6 is 0 Å². The Hall–Kier alpha value is -1.29. The summed E-state index contributed by atoms with van der Waals surface area (Å²) in [4.78, 5) is 12.6. The first-order valence-corrected chi connectivity index (χ1v) is 8.81. The second-order valence-electron chi connectivity index (χ2n) is 6.76. The third kappa shape index (κ3) is 4.60. The molecule has 0 aromatic carbocycles. The largest absolute Gasteiger partial charge is 0.496 e. The molecule has 1 saturated carbocycles. The van der Waals surface area contributed by atoms with Crippen molar-refractivity contribution < 1.29 is 19.0 Å². The van der Waals surface area contributed by atoms with Gasteiger partial charge in [0.15, 0.2) is 0 Å². The van der Waals surface area contributed by atoms with Crippen molar-refractivity contribution in [1.29, 1.82) is 0 Å². The molecule has 1 saturated heterocycles. The summed E-state index contributed by atoms with van der Waals surface area (Å²) < 4.78 is 16.3. The summed E-state index contributed by atoms with van der Waals surface area (Å²) in [7, 11) is 1.60. The smallest absolute Gasteiger partial charge is 0.341 e. The van der Waals surface area contributed by atoms with Crippen molar-refractivity contribution in [2.24, 2.45) is 11.3 Å². The normalized spacial score (nSPS) is 22.4. The van der Waals surface area contributed by atoms with Crippen LogP contribution in [0.3, 0.4) is 0 Å². The first-order valence-electron chi connectivity index (χ1n) is 8.81. The van der Waals surface area contributed by atoms with Crippen LogP contribution in [0.1, 0.15) is 52.4 Å². The lowest BCUT2D eigenvalue weighted by Crippen LogP contribution is -2.46. The second-order valence-corrected chi connectivity index (χ2v) is 6.76. The van der Waals surface area contributed by atoms with Crippen molar-refractivity contribution in [3.8, 4) is 0 Å². The molecule has 0 aromatic heterocycles. The number of carbonyl (C=O) groups excluding carboxylic acids is 1. The van der Waals surface area contributed by atoms with Gasteiger partial charge in [-0.3, -0.25) is 0 Å². The molecule has 2 aliphatic rings. The molecule has 0 aromatic rings. The molecular formula is C19H30O4. The first kappa shape index (κ1) is 18.1. The Kier molecular flexibility index (Phi) is 6.70. The van der Waals surface area contributed by atoms with Gasteiger partial charge in [0.25, 0.3) is 0 Å². The van der Waals surface area contributed by atoms with Crippen molar-refractivity contribution in [3.63, 3.8) is 0 Å². The van der Waals surface area contributed by atoms with Gasteiger partial charge in [-0.25, -0.2) is 4.79 Å². The highest BCUT2D eigenvalue weighted by molar-refractivity contribution is 5.92. The van der Waals surface area contributed by atoms with E-state index in [1.54, 1.807) is 7.11 Å². The van der Waals surface area contributed by atoms with Gasteiger partial charge in [-0.1, -0.05) is 32.3 Å². The predicted molar refractivity (Wildman–Crippen MR) is 89.9 cm³/mol. The van der Waals surface area contributed by atoms with Crippen LogP contribution in [0.5, 0.6) is 0 Å². The zero-order valence-corrected chi connectivity index (χ0v) is 14.7. The van der Waals surface area contributed by atoms with Gasteiger partial charge in [0.05, 0.1) is 31.3 Å². The molecule has 0 atom stereocenters. The lowest BCUT2D eigenvalue weighted by molar-refractivity contribution is -0.167. The average Bonchev–Trinajstić information content (AvgIpc) is 2.55. The van der Waals surface area contributed by atoms with Crippen LogP contribution < -0.4 is 0 Å². The Bertz CT molecular complexity index is 448. The van der Waals surface area contributed by atoms with Gasteiger partial charge in [0.1, 0.15) is 12.4 Å². The molecule has 130 valence electrons. The second kappa shape index (κ2) is 8.53. The molecule has 0 amide bonds.